The van der Waals surface area contributed by atoms with Crippen LogP contribution in [0.25, 0.3) is 0 Å². The molecule has 4 heteroatoms. The molecule has 126 valence electrons. The summed E-state index contributed by atoms with van der Waals surface area (Å²) < 4.78 is 1.88. The van der Waals surface area contributed by atoms with Gasteiger partial charge in [0.15, 0.2) is 0 Å². The highest BCUT2D eigenvalue weighted by Crippen LogP contribution is 2.58. The van der Waals surface area contributed by atoms with Gasteiger partial charge >= 0.3 is 0 Å². The number of anilines is 1. The van der Waals surface area contributed by atoms with Crippen molar-refractivity contribution in [3.63, 3.8) is 0 Å². The fourth-order valence-electron chi connectivity index (χ4n) is 3.96. The third-order valence-electron chi connectivity index (χ3n) is 5.51. The molecule has 24 heavy (non-hydrogen) atoms. The van der Waals surface area contributed by atoms with Crippen LogP contribution in [0.5, 0.6) is 0 Å². The first-order chi connectivity index (χ1) is 11.3. The van der Waals surface area contributed by atoms with E-state index in [2.05, 4.69) is 52.0 Å². The number of rotatable bonds is 3. The summed E-state index contributed by atoms with van der Waals surface area (Å²) in [7, 11) is 0. The standard InChI is InChI=1S/C20H25N3O/c1-13-9-14(2)11-15(10-13)22-7-6-18(19(22)24)23-8-5-17(21-23)16-12-20(16,3)4/h5,8-11,16,18H,6-7,12H2,1-4H3. The number of hydrogen-bond acceptors (Lipinski definition) is 2. The Morgan fingerprint density at radius 2 is 1.83 bits per heavy atom. The summed E-state index contributed by atoms with van der Waals surface area (Å²) in [5.74, 6) is 0.704. The molecule has 2 atom stereocenters. The van der Waals surface area contributed by atoms with E-state index in [1.807, 2.05) is 15.8 Å². The first kappa shape index (κ1) is 15.4. The molecule has 2 aromatic rings. The van der Waals surface area contributed by atoms with Crippen LogP contribution in [0.1, 0.15) is 55.5 Å². The molecule has 1 aliphatic carbocycles. The fourth-order valence-corrected chi connectivity index (χ4v) is 3.96. The molecule has 0 N–H and O–H groups in total. The van der Waals surface area contributed by atoms with Crippen molar-refractivity contribution in [1.29, 1.82) is 0 Å². The SMILES string of the molecule is Cc1cc(C)cc(N2CCC(n3ccc(C4CC4(C)C)n3)C2=O)c1. The van der Waals surface area contributed by atoms with Crippen LogP contribution in [0, 0.1) is 19.3 Å². The fraction of sp³-hybridized carbons (Fsp3) is 0.500. The van der Waals surface area contributed by atoms with Gasteiger partial charge in [0.2, 0.25) is 0 Å². The minimum absolute atomic E-state index is 0.157. The van der Waals surface area contributed by atoms with E-state index >= 15 is 0 Å². The Morgan fingerprint density at radius 1 is 1.17 bits per heavy atom. The number of amides is 1. The van der Waals surface area contributed by atoms with Gasteiger partial charge in [-0.05, 0) is 61.4 Å². The Morgan fingerprint density at radius 3 is 2.46 bits per heavy atom. The Kier molecular flexibility index (Phi) is 3.34. The summed E-state index contributed by atoms with van der Waals surface area (Å²) in [4.78, 5) is 14.8. The second-order valence-corrected chi connectivity index (χ2v) is 8.11. The highest BCUT2D eigenvalue weighted by molar-refractivity contribution is 5.98. The van der Waals surface area contributed by atoms with Crippen molar-refractivity contribution in [1.82, 2.24) is 9.78 Å². The van der Waals surface area contributed by atoms with Crippen LogP contribution in [0.3, 0.4) is 0 Å². The molecule has 1 aromatic carbocycles. The van der Waals surface area contributed by atoms with Crippen LogP contribution in [-0.2, 0) is 4.79 Å². The third-order valence-corrected chi connectivity index (χ3v) is 5.51. The Balaban J connectivity index is 1.55. The molecule has 4 rings (SSSR count). The maximum atomic E-state index is 12.9. The first-order valence-electron chi connectivity index (χ1n) is 8.80. The van der Waals surface area contributed by atoms with E-state index in [-0.39, 0.29) is 11.9 Å². The second-order valence-electron chi connectivity index (χ2n) is 8.11. The minimum atomic E-state index is -0.165. The van der Waals surface area contributed by atoms with Gasteiger partial charge in [-0.2, -0.15) is 5.10 Å². The number of carbonyl (C=O) groups is 1. The molecule has 1 aromatic heterocycles. The summed E-state index contributed by atoms with van der Waals surface area (Å²) >= 11 is 0. The van der Waals surface area contributed by atoms with Crippen molar-refractivity contribution in [3.8, 4) is 0 Å². The van der Waals surface area contributed by atoms with Gasteiger partial charge in [0.05, 0.1) is 5.69 Å². The van der Waals surface area contributed by atoms with Gasteiger partial charge < -0.3 is 4.90 Å². The predicted molar refractivity (Wildman–Crippen MR) is 95.3 cm³/mol. The van der Waals surface area contributed by atoms with E-state index in [9.17, 15) is 4.79 Å². The monoisotopic (exact) mass is 323 g/mol. The summed E-state index contributed by atoms with van der Waals surface area (Å²) in [6, 6.07) is 8.25. The van der Waals surface area contributed by atoms with Crippen molar-refractivity contribution in [2.24, 2.45) is 5.41 Å². The molecule has 1 saturated carbocycles. The van der Waals surface area contributed by atoms with Crippen molar-refractivity contribution < 1.29 is 4.79 Å². The van der Waals surface area contributed by atoms with E-state index in [1.165, 1.54) is 17.5 Å². The number of carbonyl (C=O) groups excluding carboxylic acids is 1. The highest BCUT2D eigenvalue weighted by atomic mass is 16.2. The lowest BCUT2D eigenvalue weighted by molar-refractivity contribution is -0.120. The lowest BCUT2D eigenvalue weighted by Gasteiger charge is -2.18. The van der Waals surface area contributed by atoms with E-state index in [0.717, 1.165) is 24.3 Å². The van der Waals surface area contributed by atoms with Gasteiger partial charge in [-0.25, -0.2) is 0 Å². The third kappa shape index (κ3) is 2.54. The maximum absolute atomic E-state index is 12.9. The van der Waals surface area contributed by atoms with E-state index in [4.69, 9.17) is 5.10 Å². The van der Waals surface area contributed by atoms with Crippen LogP contribution >= 0.6 is 0 Å². The zero-order valence-corrected chi connectivity index (χ0v) is 14.9. The molecule has 0 radical (unpaired) electrons. The molecule has 0 spiro atoms. The predicted octanol–water partition coefficient (Wildman–Crippen LogP) is 3.99. The smallest absolute Gasteiger partial charge is 0.251 e. The number of nitrogens with zero attached hydrogens (tertiary/aromatic N) is 3. The molecule has 2 aliphatic rings. The van der Waals surface area contributed by atoms with Gasteiger partial charge in [-0.15, -0.1) is 0 Å². The molecular formula is C20H25N3O. The Labute approximate surface area is 143 Å². The Hall–Kier alpha value is -2.10. The topological polar surface area (TPSA) is 38.1 Å². The molecule has 4 nitrogen and oxygen atoms in total. The number of benzene rings is 1. The lowest BCUT2D eigenvalue weighted by atomic mass is 10.1. The van der Waals surface area contributed by atoms with Crippen molar-refractivity contribution in [2.45, 2.75) is 52.5 Å². The van der Waals surface area contributed by atoms with Crippen LogP contribution in [0.4, 0.5) is 5.69 Å². The number of aryl methyl sites for hydroxylation is 2. The molecule has 1 saturated heterocycles. The quantitative estimate of drug-likeness (QED) is 0.856. The van der Waals surface area contributed by atoms with Crippen LogP contribution in [0.2, 0.25) is 0 Å². The average molecular weight is 323 g/mol. The van der Waals surface area contributed by atoms with Gasteiger partial charge in [0, 0.05) is 24.3 Å². The molecule has 2 heterocycles. The van der Waals surface area contributed by atoms with E-state index in [0.29, 0.717) is 11.3 Å². The van der Waals surface area contributed by atoms with Gasteiger partial charge in [-0.1, -0.05) is 19.9 Å². The zero-order chi connectivity index (χ0) is 17.1. The van der Waals surface area contributed by atoms with Crippen molar-refractivity contribution in [2.75, 3.05) is 11.4 Å². The summed E-state index contributed by atoms with van der Waals surface area (Å²) in [6.07, 6.45) is 4.00. The largest absolute Gasteiger partial charge is 0.310 e. The van der Waals surface area contributed by atoms with Crippen LogP contribution in [0.15, 0.2) is 30.5 Å². The molecule has 2 unspecified atom stereocenters. The van der Waals surface area contributed by atoms with Crippen molar-refractivity contribution >= 4 is 11.6 Å². The minimum Gasteiger partial charge on any atom is -0.310 e. The van der Waals surface area contributed by atoms with E-state index < -0.39 is 0 Å². The molecule has 1 aliphatic heterocycles. The van der Waals surface area contributed by atoms with Crippen molar-refractivity contribution in [3.05, 3.63) is 47.3 Å². The maximum Gasteiger partial charge on any atom is 0.251 e. The average Bonchev–Trinajstić information content (AvgIpc) is 2.88. The normalized spacial score (nSPS) is 25.3. The Bertz CT molecular complexity index is 785. The molecule has 2 fully saturated rings. The zero-order valence-electron chi connectivity index (χ0n) is 14.9. The van der Waals surface area contributed by atoms with E-state index in [1.54, 1.807) is 0 Å². The first-order valence-corrected chi connectivity index (χ1v) is 8.80. The number of hydrogen-bond donors (Lipinski definition) is 0. The van der Waals surface area contributed by atoms with Crippen LogP contribution < -0.4 is 4.90 Å². The summed E-state index contributed by atoms with van der Waals surface area (Å²) in [5, 5.41) is 4.73. The van der Waals surface area contributed by atoms with Gasteiger partial charge in [-0.3, -0.25) is 9.48 Å². The summed E-state index contributed by atoms with van der Waals surface area (Å²) in [5.41, 5.74) is 4.90. The number of aromatic nitrogens is 2. The lowest BCUT2D eigenvalue weighted by Crippen LogP contribution is -2.28. The van der Waals surface area contributed by atoms with Gasteiger partial charge in [0.1, 0.15) is 6.04 Å². The van der Waals surface area contributed by atoms with Gasteiger partial charge in [0.25, 0.3) is 5.91 Å². The second kappa shape index (κ2) is 5.20. The highest BCUT2D eigenvalue weighted by Gasteiger charge is 2.48. The molecule has 1 amide bonds. The van der Waals surface area contributed by atoms with Crippen LogP contribution in [-0.4, -0.2) is 22.2 Å². The molecular weight excluding hydrogens is 298 g/mol. The molecule has 0 bridgehead atoms. The summed E-state index contributed by atoms with van der Waals surface area (Å²) in [6.45, 7) is 9.46.